The largest absolute Gasteiger partial charge is 0.465 e. The minimum absolute atomic E-state index is 0.0477. The first-order valence-electron chi connectivity index (χ1n) is 13.9. The van der Waals surface area contributed by atoms with E-state index in [0.29, 0.717) is 24.8 Å². The van der Waals surface area contributed by atoms with Crippen LogP contribution in [0.25, 0.3) is 0 Å². The van der Waals surface area contributed by atoms with Crippen LogP contribution in [0.1, 0.15) is 66.2 Å². The lowest BCUT2D eigenvalue weighted by atomic mass is 9.44. The van der Waals surface area contributed by atoms with Crippen LogP contribution in [0.2, 0.25) is 0 Å². The maximum absolute atomic E-state index is 13.3. The van der Waals surface area contributed by atoms with Crippen LogP contribution in [-0.2, 0) is 23.9 Å². The molecule has 0 aromatic rings. The Morgan fingerprint density at radius 1 is 1.23 bits per heavy atom. The summed E-state index contributed by atoms with van der Waals surface area (Å²) in [6.07, 6.45) is 4.61. The van der Waals surface area contributed by atoms with Crippen LogP contribution in [-0.4, -0.2) is 74.8 Å². The highest BCUT2D eigenvalue weighted by atomic mass is 16.5. The molecule has 39 heavy (non-hydrogen) atoms. The van der Waals surface area contributed by atoms with Crippen molar-refractivity contribution < 1.29 is 44.3 Å². The second-order valence-corrected chi connectivity index (χ2v) is 12.6. The number of carbonyl (C=O) groups excluding carboxylic acids is 3. The SMILES string of the molecule is CC(=O)OC[C@]12CC[C@H]3[C@@H](CC=C4CC=CC(=O)[C@@]43C)[C@]1(O)[C@@H](O)C[C@]2(O)[C@@H](CO)[C@H]1CC(C)=C(C)C(=O)O1. The highest BCUT2D eigenvalue weighted by Gasteiger charge is 2.79. The molecule has 9 heteroatoms. The van der Waals surface area contributed by atoms with Crippen LogP contribution in [0.15, 0.2) is 34.9 Å². The number of hydrogen-bond donors (Lipinski definition) is 4. The van der Waals surface area contributed by atoms with E-state index >= 15 is 0 Å². The molecule has 0 unspecified atom stereocenters. The summed E-state index contributed by atoms with van der Waals surface area (Å²) in [5.41, 5.74) is -4.09. The molecular weight excluding hydrogens is 504 g/mol. The standard InChI is InChI=1S/C30H40O9/c1-16-12-23(39-26(35)17(16)2)22(14-31)29(36)13-25(34)30(37)21-9-8-19-6-5-7-24(33)27(19,4)20(21)10-11-28(29,30)15-38-18(3)32/h5,7-8,20-23,25,31,34,36-37H,6,9-15H2,1-4H3/t20-,21+,22-,23+,25-,27-,28-,29-,30-/m0/s1. The lowest BCUT2D eigenvalue weighted by Crippen LogP contribution is -2.71. The number of ketones is 1. The summed E-state index contributed by atoms with van der Waals surface area (Å²) in [6, 6.07) is 0. The average molecular weight is 545 g/mol. The van der Waals surface area contributed by atoms with Crippen molar-refractivity contribution in [2.45, 2.75) is 89.6 Å². The van der Waals surface area contributed by atoms with Crippen molar-refractivity contribution in [1.82, 2.24) is 0 Å². The van der Waals surface area contributed by atoms with Gasteiger partial charge in [-0.05, 0) is 64.4 Å². The summed E-state index contributed by atoms with van der Waals surface area (Å²) in [5.74, 6) is -3.19. The maximum Gasteiger partial charge on any atom is 0.333 e. The fourth-order valence-electron chi connectivity index (χ4n) is 8.84. The van der Waals surface area contributed by atoms with Gasteiger partial charge < -0.3 is 29.9 Å². The number of carbonyl (C=O) groups is 3. The minimum atomic E-state index is -1.95. The van der Waals surface area contributed by atoms with Gasteiger partial charge >= 0.3 is 11.9 Å². The number of aliphatic hydroxyl groups excluding tert-OH is 2. The fraction of sp³-hybridized carbons (Fsp3) is 0.700. The van der Waals surface area contributed by atoms with E-state index in [1.807, 2.05) is 19.1 Å². The number of allylic oxidation sites excluding steroid dienone is 4. The second kappa shape index (κ2) is 9.36. The molecule has 2 saturated carbocycles. The van der Waals surface area contributed by atoms with Gasteiger partial charge in [-0.3, -0.25) is 9.59 Å². The van der Waals surface area contributed by atoms with E-state index in [1.165, 1.54) is 6.92 Å². The quantitative estimate of drug-likeness (QED) is 0.301. The minimum Gasteiger partial charge on any atom is -0.465 e. The van der Waals surface area contributed by atoms with Gasteiger partial charge in [0.25, 0.3) is 0 Å². The van der Waals surface area contributed by atoms with Crippen molar-refractivity contribution in [2.75, 3.05) is 13.2 Å². The Morgan fingerprint density at radius 2 is 1.95 bits per heavy atom. The Kier molecular flexibility index (Phi) is 6.77. The first kappa shape index (κ1) is 28.2. The van der Waals surface area contributed by atoms with Crippen molar-refractivity contribution >= 4 is 17.7 Å². The van der Waals surface area contributed by atoms with Gasteiger partial charge in [0.15, 0.2) is 5.78 Å². The lowest BCUT2D eigenvalue weighted by Gasteiger charge is -2.62. The molecule has 9 nitrogen and oxygen atoms in total. The zero-order chi connectivity index (χ0) is 28.5. The molecule has 9 atom stereocenters. The molecule has 1 heterocycles. The number of hydrogen-bond acceptors (Lipinski definition) is 9. The number of cyclic esters (lactones) is 1. The zero-order valence-corrected chi connectivity index (χ0v) is 23.1. The molecule has 214 valence electrons. The number of fused-ring (bicyclic) bond motifs is 5. The zero-order valence-electron chi connectivity index (χ0n) is 23.1. The van der Waals surface area contributed by atoms with E-state index < -0.39 is 64.6 Å². The third-order valence-electron chi connectivity index (χ3n) is 11.2. The van der Waals surface area contributed by atoms with Gasteiger partial charge in [0.05, 0.1) is 29.1 Å². The summed E-state index contributed by atoms with van der Waals surface area (Å²) in [4.78, 5) is 37.9. The number of rotatable bonds is 5. The van der Waals surface area contributed by atoms with Crippen LogP contribution >= 0.6 is 0 Å². The molecule has 0 aromatic heterocycles. The van der Waals surface area contributed by atoms with E-state index in [1.54, 1.807) is 19.9 Å². The predicted molar refractivity (Wildman–Crippen MR) is 139 cm³/mol. The molecule has 0 spiro atoms. The molecule has 4 N–H and O–H groups in total. The molecule has 0 aromatic carbocycles. The van der Waals surface area contributed by atoms with Gasteiger partial charge in [-0.1, -0.05) is 23.3 Å². The Morgan fingerprint density at radius 3 is 2.59 bits per heavy atom. The Balaban J connectivity index is 1.63. The Labute approximate surface area is 228 Å². The van der Waals surface area contributed by atoms with E-state index in [0.717, 1.165) is 11.1 Å². The fourth-order valence-corrected chi connectivity index (χ4v) is 8.84. The summed E-state index contributed by atoms with van der Waals surface area (Å²) >= 11 is 0. The molecule has 0 radical (unpaired) electrons. The molecule has 0 bridgehead atoms. The molecule has 2 fully saturated rings. The van der Waals surface area contributed by atoms with E-state index in [2.05, 4.69) is 0 Å². The van der Waals surface area contributed by atoms with Crippen LogP contribution < -0.4 is 0 Å². The van der Waals surface area contributed by atoms with Crippen molar-refractivity contribution in [1.29, 1.82) is 0 Å². The van der Waals surface area contributed by atoms with E-state index in [4.69, 9.17) is 9.47 Å². The van der Waals surface area contributed by atoms with Gasteiger partial charge in [-0.25, -0.2) is 4.79 Å². The van der Waals surface area contributed by atoms with Gasteiger partial charge in [0.1, 0.15) is 18.3 Å². The molecule has 1 aliphatic heterocycles. The number of ether oxygens (including phenoxy) is 2. The molecule has 5 rings (SSSR count). The highest BCUT2D eigenvalue weighted by molar-refractivity contribution is 5.98. The van der Waals surface area contributed by atoms with Gasteiger partial charge in [0.2, 0.25) is 0 Å². The third-order valence-corrected chi connectivity index (χ3v) is 11.2. The second-order valence-electron chi connectivity index (χ2n) is 12.6. The third kappa shape index (κ3) is 3.62. The molecule has 0 amide bonds. The van der Waals surface area contributed by atoms with Crippen LogP contribution in [0.4, 0.5) is 0 Å². The Bertz CT molecular complexity index is 1180. The van der Waals surface area contributed by atoms with Crippen molar-refractivity contribution in [3.8, 4) is 0 Å². The summed E-state index contributed by atoms with van der Waals surface area (Å²) < 4.78 is 11.2. The Hall–Kier alpha value is -2.33. The molecular formula is C30H40O9. The van der Waals surface area contributed by atoms with Crippen LogP contribution in [0.5, 0.6) is 0 Å². The predicted octanol–water partition coefficient (Wildman–Crippen LogP) is 1.91. The normalized spacial score (nSPS) is 44.2. The van der Waals surface area contributed by atoms with Crippen molar-refractivity contribution in [3.05, 3.63) is 34.9 Å². The van der Waals surface area contributed by atoms with Gasteiger partial charge in [-0.2, -0.15) is 0 Å². The van der Waals surface area contributed by atoms with Gasteiger partial charge in [0, 0.05) is 31.3 Å². The van der Waals surface area contributed by atoms with Crippen molar-refractivity contribution in [2.24, 2.45) is 28.6 Å². The number of aliphatic hydroxyl groups is 4. The average Bonchev–Trinajstić information content (AvgIpc) is 3.05. The summed E-state index contributed by atoms with van der Waals surface area (Å²) in [7, 11) is 0. The summed E-state index contributed by atoms with van der Waals surface area (Å²) in [6.45, 7) is 5.62. The first-order chi connectivity index (χ1) is 18.3. The van der Waals surface area contributed by atoms with Gasteiger partial charge in [-0.15, -0.1) is 0 Å². The smallest absolute Gasteiger partial charge is 0.333 e. The maximum atomic E-state index is 13.3. The monoisotopic (exact) mass is 544 g/mol. The lowest BCUT2D eigenvalue weighted by molar-refractivity contribution is -0.270. The van der Waals surface area contributed by atoms with E-state index in [9.17, 15) is 34.8 Å². The molecule has 4 aliphatic carbocycles. The topological polar surface area (TPSA) is 151 Å². The van der Waals surface area contributed by atoms with Crippen LogP contribution in [0, 0.1) is 28.6 Å². The van der Waals surface area contributed by atoms with Crippen molar-refractivity contribution in [3.63, 3.8) is 0 Å². The number of esters is 2. The molecule has 5 aliphatic rings. The first-order valence-corrected chi connectivity index (χ1v) is 13.9. The highest BCUT2D eigenvalue weighted by Crippen LogP contribution is 2.70. The summed E-state index contributed by atoms with van der Waals surface area (Å²) in [5, 5.41) is 47.6. The van der Waals surface area contributed by atoms with E-state index in [-0.39, 0.29) is 37.6 Å². The van der Waals surface area contributed by atoms with Crippen LogP contribution in [0.3, 0.4) is 0 Å². The molecule has 0 saturated heterocycles.